The first-order valence-electron chi connectivity index (χ1n) is 5.81. The Hall–Kier alpha value is -0.620. The van der Waals surface area contributed by atoms with E-state index in [1.807, 2.05) is 6.92 Å². The van der Waals surface area contributed by atoms with Gasteiger partial charge in [-0.1, -0.05) is 26.7 Å². The van der Waals surface area contributed by atoms with E-state index in [9.17, 15) is 13.2 Å². The molecule has 0 aliphatic heterocycles. The van der Waals surface area contributed by atoms with Gasteiger partial charge in [0.25, 0.3) is 10.1 Å². The monoisotopic (exact) mass is 266 g/mol. The summed E-state index contributed by atoms with van der Waals surface area (Å²) < 4.78 is 31.9. The van der Waals surface area contributed by atoms with E-state index in [2.05, 4.69) is 0 Å². The Morgan fingerprint density at radius 2 is 1.88 bits per heavy atom. The summed E-state index contributed by atoms with van der Waals surface area (Å²) in [7, 11) is -2.25. The molecule has 0 amide bonds. The minimum atomic E-state index is -3.56. The van der Waals surface area contributed by atoms with Crippen LogP contribution in [-0.4, -0.2) is 33.9 Å². The van der Waals surface area contributed by atoms with Gasteiger partial charge in [0.15, 0.2) is 0 Å². The van der Waals surface area contributed by atoms with Gasteiger partial charge < -0.3 is 4.74 Å². The van der Waals surface area contributed by atoms with Gasteiger partial charge in [0, 0.05) is 0 Å². The number of rotatable bonds is 8. The van der Waals surface area contributed by atoms with Crippen LogP contribution in [0.1, 0.15) is 39.5 Å². The maximum absolute atomic E-state index is 11.6. The third kappa shape index (κ3) is 6.63. The van der Waals surface area contributed by atoms with Crippen molar-refractivity contribution in [3.05, 3.63) is 0 Å². The maximum Gasteiger partial charge on any atom is 0.311 e. The predicted octanol–water partition coefficient (Wildman–Crippen LogP) is 1.72. The summed E-state index contributed by atoms with van der Waals surface area (Å²) in [6.45, 7) is 3.80. The van der Waals surface area contributed by atoms with E-state index >= 15 is 0 Å². The van der Waals surface area contributed by atoms with E-state index < -0.39 is 28.1 Å². The van der Waals surface area contributed by atoms with Gasteiger partial charge in [0.2, 0.25) is 0 Å². The third-order valence-corrected chi connectivity index (χ3v) is 3.12. The van der Waals surface area contributed by atoms with Gasteiger partial charge in [-0.25, -0.2) is 0 Å². The standard InChI is InChI=1S/C11H22O5S/c1-5-7-8-9(11(12)15-3)10(6-2)16-17(4,13)14/h9-10H,5-8H2,1-4H3/t9-,10-/m1/s1. The topological polar surface area (TPSA) is 69.7 Å². The highest BCUT2D eigenvalue weighted by molar-refractivity contribution is 7.86. The highest BCUT2D eigenvalue weighted by Gasteiger charge is 2.30. The minimum absolute atomic E-state index is 0.408. The van der Waals surface area contributed by atoms with Crippen LogP contribution in [0.4, 0.5) is 0 Å². The second kappa shape index (κ2) is 7.66. The van der Waals surface area contributed by atoms with Gasteiger partial charge >= 0.3 is 5.97 Å². The molecule has 0 saturated heterocycles. The van der Waals surface area contributed by atoms with E-state index in [0.717, 1.165) is 19.1 Å². The number of hydrogen-bond acceptors (Lipinski definition) is 5. The van der Waals surface area contributed by atoms with Crippen molar-refractivity contribution in [3.63, 3.8) is 0 Å². The van der Waals surface area contributed by atoms with Crippen LogP contribution in [0.25, 0.3) is 0 Å². The van der Waals surface area contributed by atoms with Crippen molar-refractivity contribution in [3.8, 4) is 0 Å². The first kappa shape index (κ1) is 16.4. The number of carbonyl (C=O) groups excluding carboxylic acids is 1. The zero-order chi connectivity index (χ0) is 13.5. The van der Waals surface area contributed by atoms with Crippen molar-refractivity contribution in [1.29, 1.82) is 0 Å². The van der Waals surface area contributed by atoms with E-state index in [0.29, 0.717) is 12.8 Å². The highest BCUT2D eigenvalue weighted by Crippen LogP contribution is 2.21. The lowest BCUT2D eigenvalue weighted by atomic mass is 9.94. The first-order chi connectivity index (χ1) is 7.85. The van der Waals surface area contributed by atoms with E-state index in [1.165, 1.54) is 7.11 Å². The van der Waals surface area contributed by atoms with Crippen molar-refractivity contribution in [2.24, 2.45) is 5.92 Å². The summed E-state index contributed by atoms with van der Waals surface area (Å²) in [6.07, 6.45) is 3.16. The van der Waals surface area contributed by atoms with Gasteiger partial charge in [-0.3, -0.25) is 8.98 Å². The number of methoxy groups -OCH3 is 1. The molecule has 0 unspecified atom stereocenters. The van der Waals surface area contributed by atoms with Crippen LogP contribution in [0.5, 0.6) is 0 Å². The molecule has 0 aromatic carbocycles. The molecule has 0 rings (SSSR count). The smallest absolute Gasteiger partial charge is 0.311 e. The molecule has 102 valence electrons. The van der Waals surface area contributed by atoms with Gasteiger partial charge in [-0.05, 0) is 12.8 Å². The molecular formula is C11H22O5S. The average molecular weight is 266 g/mol. The zero-order valence-electron chi connectivity index (χ0n) is 10.9. The SMILES string of the molecule is CCCC[C@@H](C(=O)OC)[C@@H](CC)OS(C)(=O)=O. The lowest BCUT2D eigenvalue weighted by molar-refractivity contribution is -0.149. The van der Waals surface area contributed by atoms with Gasteiger partial charge in [0.1, 0.15) is 0 Å². The first-order valence-corrected chi connectivity index (χ1v) is 7.63. The quantitative estimate of drug-likeness (QED) is 0.494. The molecule has 5 nitrogen and oxygen atoms in total. The molecule has 0 saturated carbocycles. The fourth-order valence-electron chi connectivity index (χ4n) is 1.68. The summed E-state index contributed by atoms with van der Waals surface area (Å²) in [5.74, 6) is -0.923. The molecule has 0 N–H and O–H groups in total. The van der Waals surface area contributed by atoms with E-state index in [-0.39, 0.29) is 0 Å². The number of carbonyl (C=O) groups is 1. The Bertz CT molecular complexity index is 323. The van der Waals surface area contributed by atoms with Crippen molar-refractivity contribution in [1.82, 2.24) is 0 Å². The fraction of sp³-hybridized carbons (Fsp3) is 0.909. The molecule has 0 spiro atoms. The molecular weight excluding hydrogens is 244 g/mol. The highest BCUT2D eigenvalue weighted by atomic mass is 32.2. The Kier molecular flexibility index (Phi) is 7.38. The van der Waals surface area contributed by atoms with Crippen LogP contribution in [0.2, 0.25) is 0 Å². The summed E-state index contributed by atoms with van der Waals surface area (Å²) in [6, 6.07) is 0. The number of unbranched alkanes of at least 4 members (excludes halogenated alkanes) is 1. The molecule has 2 atom stereocenters. The second-order valence-electron chi connectivity index (χ2n) is 4.02. The molecule has 0 bridgehead atoms. The van der Waals surface area contributed by atoms with Crippen molar-refractivity contribution in [2.45, 2.75) is 45.6 Å². The molecule has 0 radical (unpaired) electrons. The normalized spacial score (nSPS) is 15.3. The van der Waals surface area contributed by atoms with Crippen LogP contribution < -0.4 is 0 Å². The molecule has 0 aliphatic rings. The number of esters is 1. The molecule has 0 aliphatic carbocycles. The van der Waals surface area contributed by atoms with Gasteiger partial charge in [-0.15, -0.1) is 0 Å². The zero-order valence-corrected chi connectivity index (χ0v) is 11.7. The van der Waals surface area contributed by atoms with Crippen LogP contribution in [-0.2, 0) is 23.8 Å². The van der Waals surface area contributed by atoms with Crippen LogP contribution in [0.3, 0.4) is 0 Å². The number of ether oxygens (including phenoxy) is 1. The third-order valence-electron chi connectivity index (χ3n) is 2.52. The lowest BCUT2D eigenvalue weighted by Crippen LogP contribution is -2.32. The molecule has 17 heavy (non-hydrogen) atoms. The summed E-state index contributed by atoms with van der Waals surface area (Å²) >= 11 is 0. The average Bonchev–Trinajstić information content (AvgIpc) is 2.25. The largest absolute Gasteiger partial charge is 0.469 e. The van der Waals surface area contributed by atoms with E-state index in [4.69, 9.17) is 8.92 Å². The van der Waals surface area contributed by atoms with Gasteiger partial charge in [0.05, 0.1) is 25.4 Å². The summed E-state index contributed by atoms with van der Waals surface area (Å²) in [4.78, 5) is 11.6. The Morgan fingerprint density at radius 3 is 2.24 bits per heavy atom. The molecule has 6 heteroatoms. The van der Waals surface area contributed by atoms with Crippen molar-refractivity contribution in [2.75, 3.05) is 13.4 Å². The van der Waals surface area contributed by atoms with E-state index in [1.54, 1.807) is 6.92 Å². The Labute approximate surface area is 104 Å². The Balaban J connectivity index is 4.77. The molecule has 0 fully saturated rings. The maximum atomic E-state index is 11.6. The summed E-state index contributed by atoms with van der Waals surface area (Å²) in [5, 5.41) is 0. The number of hydrogen-bond donors (Lipinski definition) is 0. The van der Waals surface area contributed by atoms with Crippen molar-refractivity contribution < 1.29 is 22.1 Å². The molecule has 0 aromatic rings. The fourth-order valence-corrected chi connectivity index (χ4v) is 2.39. The minimum Gasteiger partial charge on any atom is -0.469 e. The van der Waals surface area contributed by atoms with Crippen molar-refractivity contribution >= 4 is 16.1 Å². The van der Waals surface area contributed by atoms with Crippen LogP contribution >= 0.6 is 0 Å². The van der Waals surface area contributed by atoms with Crippen LogP contribution in [0.15, 0.2) is 0 Å². The van der Waals surface area contributed by atoms with Gasteiger partial charge in [-0.2, -0.15) is 8.42 Å². The summed E-state index contributed by atoms with van der Waals surface area (Å²) in [5.41, 5.74) is 0. The predicted molar refractivity (Wildman–Crippen MR) is 65.0 cm³/mol. The second-order valence-corrected chi connectivity index (χ2v) is 5.62. The molecule has 0 heterocycles. The lowest BCUT2D eigenvalue weighted by Gasteiger charge is -2.23. The molecule has 0 aromatic heterocycles. The Morgan fingerprint density at radius 1 is 1.29 bits per heavy atom. The van der Waals surface area contributed by atoms with Crippen LogP contribution in [0, 0.1) is 5.92 Å².